The Bertz CT molecular complexity index is 343. The van der Waals surface area contributed by atoms with Crippen molar-refractivity contribution in [2.45, 2.75) is 39.7 Å². The van der Waals surface area contributed by atoms with Crippen LogP contribution in [0, 0.1) is 5.92 Å². The Morgan fingerprint density at radius 2 is 2.00 bits per heavy atom. The van der Waals surface area contributed by atoms with Gasteiger partial charge in [0.2, 0.25) is 11.8 Å². The third-order valence-electron chi connectivity index (χ3n) is 2.88. The molecule has 0 aromatic carbocycles. The van der Waals surface area contributed by atoms with E-state index in [1.54, 1.807) is 6.92 Å². The summed E-state index contributed by atoms with van der Waals surface area (Å²) >= 11 is 0. The Morgan fingerprint density at radius 3 is 2.56 bits per heavy atom. The number of imide groups is 2. The zero-order valence-corrected chi connectivity index (χ0v) is 11.1. The van der Waals surface area contributed by atoms with Crippen LogP contribution in [0.3, 0.4) is 0 Å². The highest BCUT2D eigenvalue weighted by Gasteiger charge is 2.41. The summed E-state index contributed by atoms with van der Waals surface area (Å²) in [6.07, 6.45) is 1.17. The number of nitrogens with one attached hydrogen (secondary N) is 1. The molecule has 6 heteroatoms. The lowest BCUT2D eigenvalue weighted by molar-refractivity contribution is -0.145. The van der Waals surface area contributed by atoms with Gasteiger partial charge in [0.1, 0.15) is 5.92 Å². The van der Waals surface area contributed by atoms with E-state index in [-0.39, 0.29) is 12.6 Å². The minimum atomic E-state index is -0.753. The number of ether oxygens (including phenoxy) is 1. The van der Waals surface area contributed by atoms with Gasteiger partial charge in [0.25, 0.3) is 0 Å². The van der Waals surface area contributed by atoms with Crippen molar-refractivity contribution < 1.29 is 19.1 Å². The van der Waals surface area contributed by atoms with E-state index >= 15 is 0 Å². The van der Waals surface area contributed by atoms with Gasteiger partial charge in [0.05, 0.1) is 12.6 Å². The lowest BCUT2D eigenvalue weighted by Gasteiger charge is -2.33. The van der Waals surface area contributed by atoms with Crippen molar-refractivity contribution in [2.75, 3.05) is 13.2 Å². The smallest absolute Gasteiger partial charge is 0.331 e. The standard InChI is InChI=1S/C12H20N2O4/c1-4-6-9-10(15)13-12(17)14(11(9)16)8(3)7-18-5-2/h8-9H,4-7H2,1-3H3,(H,13,15,17). The van der Waals surface area contributed by atoms with Crippen LogP contribution in [0.15, 0.2) is 0 Å². The molecule has 2 atom stereocenters. The molecule has 4 amide bonds. The Labute approximate surface area is 107 Å². The van der Waals surface area contributed by atoms with Gasteiger partial charge in [0, 0.05) is 6.61 Å². The molecule has 6 nitrogen and oxygen atoms in total. The lowest BCUT2D eigenvalue weighted by Crippen LogP contribution is -2.61. The van der Waals surface area contributed by atoms with Gasteiger partial charge in [-0.3, -0.25) is 19.8 Å². The van der Waals surface area contributed by atoms with E-state index < -0.39 is 23.8 Å². The van der Waals surface area contributed by atoms with E-state index in [1.165, 1.54) is 0 Å². The summed E-state index contributed by atoms with van der Waals surface area (Å²) in [6, 6.07) is -1.02. The number of amides is 4. The Hall–Kier alpha value is -1.43. The number of barbiturate groups is 1. The molecule has 1 N–H and O–H groups in total. The first-order valence-electron chi connectivity index (χ1n) is 6.28. The summed E-state index contributed by atoms with van der Waals surface area (Å²) in [5, 5.41) is 2.22. The van der Waals surface area contributed by atoms with Crippen LogP contribution in [0.5, 0.6) is 0 Å². The molecule has 0 aromatic heterocycles. The van der Waals surface area contributed by atoms with Crippen LogP contribution in [0.4, 0.5) is 4.79 Å². The van der Waals surface area contributed by atoms with Gasteiger partial charge in [-0.2, -0.15) is 0 Å². The predicted octanol–water partition coefficient (Wildman–Crippen LogP) is 0.906. The molecular weight excluding hydrogens is 236 g/mol. The van der Waals surface area contributed by atoms with E-state index in [4.69, 9.17) is 4.74 Å². The van der Waals surface area contributed by atoms with Crippen LogP contribution < -0.4 is 5.32 Å². The topological polar surface area (TPSA) is 75.7 Å². The van der Waals surface area contributed by atoms with Crippen molar-refractivity contribution in [1.29, 1.82) is 0 Å². The number of hydrogen-bond acceptors (Lipinski definition) is 4. The Kier molecular flexibility index (Phi) is 5.27. The van der Waals surface area contributed by atoms with Gasteiger partial charge >= 0.3 is 6.03 Å². The number of nitrogens with zero attached hydrogens (tertiary/aromatic N) is 1. The van der Waals surface area contributed by atoms with E-state index in [2.05, 4.69) is 5.32 Å². The van der Waals surface area contributed by atoms with Gasteiger partial charge in [-0.15, -0.1) is 0 Å². The number of urea groups is 1. The maximum Gasteiger partial charge on any atom is 0.331 e. The summed E-state index contributed by atoms with van der Waals surface area (Å²) in [6.45, 7) is 6.26. The number of rotatable bonds is 6. The van der Waals surface area contributed by atoms with Crippen LogP contribution in [-0.4, -0.2) is 42.0 Å². The summed E-state index contributed by atoms with van der Waals surface area (Å²) in [7, 11) is 0. The van der Waals surface area contributed by atoms with E-state index in [1.807, 2.05) is 13.8 Å². The number of carbonyl (C=O) groups excluding carboxylic acids is 3. The molecule has 1 rings (SSSR count). The first kappa shape index (κ1) is 14.6. The fraction of sp³-hybridized carbons (Fsp3) is 0.750. The largest absolute Gasteiger partial charge is 0.380 e. The molecule has 18 heavy (non-hydrogen) atoms. The highest BCUT2D eigenvalue weighted by Crippen LogP contribution is 2.18. The molecule has 0 aliphatic carbocycles. The minimum Gasteiger partial charge on any atom is -0.380 e. The van der Waals surface area contributed by atoms with Crippen molar-refractivity contribution in [3.8, 4) is 0 Å². The molecule has 0 bridgehead atoms. The number of hydrogen-bond donors (Lipinski definition) is 1. The molecule has 1 aliphatic rings. The van der Waals surface area contributed by atoms with Crippen molar-refractivity contribution >= 4 is 17.8 Å². The normalized spacial score (nSPS) is 22.1. The molecule has 1 heterocycles. The quantitative estimate of drug-likeness (QED) is 0.717. The molecule has 0 saturated carbocycles. The molecule has 102 valence electrons. The second-order valence-corrected chi connectivity index (χ2v) is 4.35. The van der Waals surface area contributed by atoms with Crippen LogP contribution >= 0.6 is 0 Å². The molecule has 1 fully saturated rings. The zero-order valence-electron chi connectivity index (χ0n) is 11.1. The monoisotopic (exact) mass is 256 g/mol. The minimum absolute atomic E-state index is 0.280. The Balaban J connectivity index is 2.79. The van der Waals surface area contributed by atoms with E-state index in [9.17, 15) is 14.4 Å². The number of carbonyl (C=O) groups is 3. The van der Waals surface area contributed by atoms with Gasteiger partial charge in [-0.1, -0.05) is 13.3 Å². The van der Waals surface area contributed by atoms with Crippen LogP contribution in [-0.2, 0) is 14.3 Å². The molecule has 0 aromatic rings. The van der Waals surface area contributed by atoms with Crippen molar-refractivity contribution in [2.24, 2.45) is 5.92 Å². The average molecular weight is 256 g/mol. The van der Waals surface area contributed by atoms with Crippen LogP contribution in [0.25, 0.3) is 0 Å². The molecule has 1 aliphatic heterocycles. The summed E-state index contributed by atoms with van der Waals surface area (Å²) in [5.74, 6) is -1.67. The lowest BCUT2D eigenvalue weighted by atomic mass is 9.98. The van der Waals surface area contributed by atoms with Crippen molar-refractivity contribution in [3.63, 3.8) is 0 Å². The second-order valence-electron chi connectivity index (χ2n) is 4.35. The SMILES string of the molecule is CCCC1C(=O)NC(=O)N(C(C)COCC)C1=O. The Morgan fingerprint density at radius 1 is 1.33 bits per heavy atom. The first-order chi connectivity index (χ1) is 8.52. The maximum atomic E-state index is 12.1. The molecular formula is C12H20N2O4. The highest BCUT2D eigenvalue weighted by molar-refractivity contribution is 6.16. The van der Waals surface area contributed by atoms with Gasteiger partial charge in [0.15, 0.2) is 0 Å². The van der Waals surface area contributed by atoms with Gasteiger partial charge in [-0.25, -0.2) is 4.79 Å². The fourth-order valence-corrected chi connectivity index (χ4v) is 1.96. The van der Waals surface area contributed by atoms with Gasteiger partial charge in [-0.05, 0) is 20.3 Å². The van der Waals surface area contributed by atoms with Crippen molar-refractivity contribution in [3.05, 3.63) is 0 Å². The average Bonchev–Trinajstić information content (AvgIpc) is 2.31. The van der Waals surface area contributed by atoms with E-state index in [0.29, 0.717) is 19.4 Å². The molecule has 1 saturated heterocycles. The maximum absolute atomic E-state index is 12.1. The summed E-state index contributed by atoms with van der Waals surface area (Å²) in [5.41, 5.74) is 0. The molecule has 2 unspecified atom stereocenters. The molecule has 0 spiro atoms. The van der Waals surface area contributed by atoms with Crippen LogP contribution in [0.2, 0.25) is 0 Å². The second kappa shape index (κ2) is 6.49. The zero-order chi connectivity index (χ0) is 13.7. The third kappa shape index (κ3) is 3.07. The first-order valence-corrected chi connectivity index (χ1v) is 6.28. The van der Waals surface area contributed by atoms with Gasteiger partial charge < -0.3 is 4.74 Å². The van der Waals surface area contributed by atoms with E-state index in [0.717, 1.165) is 4.90 Å². The van der Waals surface area contributed by atoms with Crippen molar-refractivity contribution in [1.82, 2.24) is 10.2 Å². The fourth-order valence-electron chi connectivity index (χ4n) is 1.96. The highest BCUT2D eigenvalue weighted by atomic mass is 16.5. The summed E-state index contributed by atoms with van der Waals surface area (Å²) in [4.78, 5) is 36.5. The predicted molar refractivity (Wildman–Crippen MR) is 64.7 cm³/mol. The molecule has 0 radical (unpaired) electrons. The van der Waals surface area contributed by atoms with Crippen LogP contribution in [0.1, 0.15) is 33.6 Å². The third-order valence-corrected chi connectivity index (χ3v) is 2.88. The summed E-state index contributed by atoms with van der Waals surface area (Å²) < 4.78 is 5.21.